The zero-order valence-corrected chi connectivity index (χ0v) is 24.9. The predicted octanol–water partition coefficient (Wildman–Crippen LogP) is 5.15. The molecule has 1 saturated heterocycles. The van der Waals surface area contributed by atoms with Gasteiger partial charge < -0.3 is 29.7 Å². The lowest BCUT2D eigenvalue weighted by Crippen LogP contribution is -2.48. The average Bonchev–Trinajstić information content (AvgIpc) is 3.41. The Bertz CT molecular complexity index is 1720. The zero-order valence-electron chi connectivity index (χ0n) is 24.9. The van der Waals surface area contributed by atoms with Gasteiger partial charge in [-0.2, -0.15) is 0 Å². The maximum Gasteiger partial charge on any atom is 0.247 e. The van der Waals surface area contributed by atoms with E-state index in [1.165, 1.54) is 22.5 Å². The van der Waals surface area contributed by atoms with Crippen LogP contribution in [0.15, 0.2) is 55.4 Å². The van der Waals surface area contributed by atoms with Gasteiger partial charge >= 0.3 is 0 Å². The SMILES string of the molecule is C=CC(=O)Nc1cc(Nc2ncc(CC)c(-c3cn4c5c(cccc35)CCC4)n2)c(OC)cc1N1CCN(C(C)=O)CC1. The Kier molecular flexibility index (Phi) is 7.75. The normalized spacial score (nSPS) is 14.5. The van der Waals surface area contributed by atoms with Gasteiger partial charge in [0.25, 0.3) is 0 Å². The van der Waals surface area contributed by atoms with Crippen molar-refractivity contribution in [3.8, 4) is 17.0 Å². The Hall–Kier alpha value is -4.86. The van der Waals surface area contributed by atoms with Crippen LogP contribution in [-0.4, -0.2) is 64.5 Å². The lowest BCUT2D eigenvalue weighted by atomic mass is 10.0. The second-order valence-electron chi connectivity index (χ2n) is 11.0. The van der Waals surface area contributed by atoms with Crippen molar-refractivity contribution >= 4 is 45.7 Å². The van der Waals surface area contributed by atoms with Crippen LogP contribution in [0.25, 0.3) is 22.2 Å². The summed E-state index contributed by atoms with van der Waals surface area (Å²) in [5, 5.41) is 7.51. The van der Waals surface area contributed by atoms with Crippen molar-refractivity contribution in [2.75, 3.05) is 48.8 Å². The Labute approximate surface area is 251 Å². The van der Waals surface area contributed by atoms with Gasteiger partial charge in [-0.15, -0.1) is 0 Å². The van der Waals surface area contributed by atoms with E-state index in [4.69, 9.17) is 9.72 Å². The molecule has 43 heavy (non-hydrogen) atoms. The van der Waals surface area contributed by atoms with Crippen molar-refractivity contribution in [2.24, 2.45) is 0 Å². The van der Waals surface area contributed by atoms with E-state index in [2.05, 4.69) is 63.0 Å². The number of carbonyl (C=O) groups excluding carboxylic acids is 2. The molecule has 222 valence electrons. The van der Waals surface area contributed by atoms with Gasteiger partial charge in [0.2, 0.25) is 17.8 Å². The molecule has 6 rings (SSSR count). The van der Waals surface area contributed by atoms with E-state index in [9.17, 15) is 9.59 Å². The molecule has 4 heterocycles. The summed E-state index contributed by atoms with van der Waals surface area (Å²) in [4.78, 5) is 38.0. The minimum absolute atomic E-state index is 0.0585. The highest BCUT2D eigenvalue weighted by Crippen LogP contribution is 2.40. The molecule has 1 fully saturated rings. The third kappa shape index (κ3) is 5.40. The summed E-state index contributed by atoms with van der Waals surface area (Å²) in [6, 6.07) is 10.3. The molecule has 4 aromatic rings. The summed E-state index contributed by atoms with van der Waals surface area (Å²) in [5.74, 6) is 0.751. The van der Waals surface area contributed by atoms with Crippen LogP contribution < -0.4 is 20.3 Å². The topological polar surface area (TPSA) is 105 Å². The van der Waals surface area contributed by atoms with Crippen LogP contribution in [0.3, 0.4) is 0 Å². The summed E-state index contributed by atoms with van der Waals surface area (Å²) in [5.41, 5.74) is 7.77. The van der Waals surface area contributed by atoms with Gasteiger partial charge in [0.05, 0.1) is 35.4 Å². The lowest BCUT2D eigenvalue weighted by Gasteiger charge is -2.36. The smallest absolute Gasteiger partial charge is 0.247 e. The number of nitrogens with one attached hydrogen (secondary N) is 2. The fraction of sp³-hybridized carbons (Fsp3) is 0.333. The van der Waals surface area contributed by atoms with Crippen molar-refractivity contribution in [2.45, 2.75) is 39.7 Å². The Morgan fingerprint density at radius 3 is 2.65 bits per heavy atom. The summed E-state index contributed by atoms with van der Waals surface area (Å²) in [6.07, 6.45) is 8.37. The largest absolute Gasteiger partial charge is 0.494 e. The molecule has 2 aromatic heterocycles. The number of carbonyl (C=O) groups is 2. The van der Waals surface area contributed by atoms with Gasteiger partial charge in [-0.25, -0.2) is 9.97 Å². The van der Waals surface area contributed by atoms with Gasteiger partial charge in [0, 0.05) is 69.1 Å². The third-order valence-electron chi connectivity index (χ3n) is 8.40. The van der Waals surface area contributed by atoms with E-state index in [1.807, 2.05) is 23.2 Å². The molecule has 10 heteroatoms. The fourth-order valence-electron chi connectivity index (χ4n) is 6.17. The van der Waals surface area contributed by atoms with Crippen molar-refractivity contribution in [1.82, 2.24) is 19.4 Å². The molecule has 0 radical (unpaired) electrons. The molecular formula is C33H37N7O3. The molecule has 0 bridgehead atoms. The van der Waals surface area contributed by atoms with E-state index in [0.717, 1.165) is 48.3 Å². The molecule has 2 amide bonds. The first-order valence-corrected chi connectivity index (χ1v) is 14.8. The number of hydrogen-bond donors (Lipinski definition) is 2. The molecular weight excluding hydrogens is 542 g/mol. The number of aromatic nitrogens is 3. The molecule has 0 spiro atoms. The maximum absolute atomic E-state index is 12.4. The number of para-hydroxylation sites is 1. The number of rotatable bonds is 8. The molecule has 0 saturated carbocycles. The minimum Gasteiger partial charge on any atom is -0.494 e. The fourth-order valence-corrected chi connectivity index (χ4v) is 6.17. The van der Waals surface area contributed by atoms with Crippen LogP contribution in [0.2, 0.25) is 0 Å². The summed E-state index contributed by atoms with van der Waals surface area (Å²) in [6.45, 7) is 10.8. The highest BCUT2D eigenvalue weighted by Gasteiger charge is 2.24. The number of amides is 2. The number of anilines is 4. The molecule has 2 aliphatic rings. The van der Waals surface area contributed by atoms with Gasteiger partial charge in [-0.3, -0.25) is 9.59 Å². The Morgan fingerprint density at radius 2 is 1.93 bits per heavy atom. The lowest BCUT2D eigenvalue weighted by molar-refractivity contribution is -0.129. The number of piperazine rings is 1. The maximum atomic E-state index is 12.4. The van der Waals surface area contributed by atoms with E-state index in [0.29, 0.717) is 49.3 Å². The molecule has 2 N–H and O–H groups in total. The van der Waals surface area contributed by atoms with Crippen LogP contribution in [0.1, 0.15) is 31.4 Å². The van der Waals surface area contributed by atoms with Crippen LogP contribution >= 0.6 is 0 Å². The number of ether oxygens (including phenoxy) is 1. The quantitative estimate of drug-likeness (QED) is 0.278. The summed E-state index contributed by atoms with van der Waals surface area (Å²) < 4.78 is 8.16. The van der Waals surface area contributed by atoms with Crippen LogP contribution in [0.4, 0.5) is 23.0 Å². The number of nitrogens with zero attached hydrogens (tertiary/aromatic N) is 5. The average molecular weight is 580 g/mol. The number of methoxy groups -OCH3 is 1. The van der Waals surface area contributed by atoms with Crippen LogP contribution in [0.5, 0.6) is 5.75 Å². The minimum atomic E-state index is -0.321. The first-order chi connectivity index (χ1) is 20.9. The second-order valence-corrected chi connectivity index (χ2v) is 11.0. The molecule has 10 nitrogen and oxygen atoms in total. The van der Waals surface area contributed by atoms with Crippen molar-refractivity contribution in [3.05, 3.63) is 66.5 Å². The standard InChI is InChI=1S/C33H37N7O3/c1-5-22-19-34-33(37-31(22)25-20-40-12-8-10-23-9-7-11-24(25)32(23)40)36-27-17-26(35-30(42)6-2)28(18-29(27)43-4)39-15-13-38(14-16-39)21(3)41/h6-7,9,11,17-20H,2,5,8,10,12-16H2,1,3-4H3,(H,35,42)(H,34,36,37). The number of benzene rings is 2. The van der Waals surface area contributed by atoms with Crippen molar-refractivity contribution < 1.29 is 14.3 Å². The number of hydrogen-bond acceptors (Lipinski definition) is 7. The highest BCUT2D eigenvalue weighted by molar-refractivity contribution is 6.02. The summed E-state index contributed by atoms with van der Waals surface area (Å²) >= 11 is 0. The van der Waals surface area contributed by atoms with Gasteiger partial charge in [0.15, 0.2) is 0 Å². The zero-order chi connectivity index (χ0) is 30.1. The predicted molar refractivity (Wildman–Crippen MR) is 170 cm³/mol. The first-order valence-electron chi connectivity index (χ1n) is 14.8. The Balaban J connectivity index is 1.38. The molecule has 2 aliphatic heterocycles. The van der Waals surface area contributed by atoms with Crippen molar-refractivity contribution in [1.29, 1.82) is 0 Å². The third-order valence-corrected chi connectivity index (χ3v) is 8.40. The van der Waals surface area contributed by atoms with Gasteiger partial charge in [-0.05, 0) is 42.5 Å². The van der Waals surface area contributed by atoms with E-state index in [-0.39, 0.29) is 11.8 Å². The van der Waals surface area contributed by atoms with Crippen molar-refractivity contribution in [3.63, 3.8) is 0 Å². The monoisotopic (exact) mass is 579 g/mol. The van der Waals surface area contributed by atoms with Gasteiger partial charge in [0.1, 0.15) is 5.75 Å². The molecule has 0 unspecified atom stereocenters. The van der Waals surface area contributed by atoms with Crippen LogP contribution in [0, 0.1) is 0 Å². The summed E-state index contributed by atoms with van der Waals surface area (Å²) in [7, 11) is 1.61. The van der Waals surface area contributed by atoms with E-state index in [1.54, 1.807) is 14.0 Å². The second kappa shape index (κ2) is 11.8. The molecule has 0 aliphatic carbocycles. The Morgan fingerprint density at radius 1 is 1.12 bits per heavy atom. The molecule has 2 aromatic carbocycles. The van der Waals surface area contributed by atoms with Crippen LogP contribution in [-0.2, 0) is 29.0 Å². The van der Waals surface area contributed by atoms with E-state index >= 15 is 0 Å². The molecule has 0 atom stereocenters. The van der Waals surface area contributed by atoms with Gasteiger partial charge in [-0.1, -0.05) is 31.7 Å². The number of aryl methyl sites for hydroxylation is 3. The highest BCUT2D eigenvalue weighted by atomic mass is 16.5. The van der Waals surface area contributed by atoms with E-state index < -0.39 is 0 Å². The first kappa shape index (κ1) is 28.3.